The maximum absolute atomic E-state index is 4.53. The van der Waals surface area contributed by atoms with E-state index in [1.54, 1.807) is 6.20 Å². The van der Waals surface area contributed by atoms with Gasteiger partial charge in [0.05, 0.1) is 11.6 Å². The average Bonchev–Trinajstić information content (AvgIpc) is 3.02. The molecule has 1 saturated carbocycles. The second-order valence-electron chi connectivity index (χ2n) is 5.63. The molecule has 2 aromatic rings. The summed E-state index contributed by atoms with van der Waals surface area (Å²) in [6.45, 7) is 2.31. The first-order chi connectivity index (χ1) is 9.83. The molecule has 2 fully saturated rings. The van der Waals surface area contributed by atoms with Crippen LogP contribution in [0.25, 0.3) is 11.0 Å². The normalized spacial score (nSPS) is 23.4. The number of hydrogen-bond donors (Lipinski definition) is 3. The molecule has 1 aliphatic heterocycles. The van der Waals surface area contributed by atoms with Crippen LogP contribution in [-0.2, 0) is 0 Å². The zero-order valence-corrected chi connectivity index (χ0v) is 11.6. The van der Waals surface area contributed by atoms with E-state index >= 15 is 0 Å². The van der Waals surface area contributed by atoms with Crippen LogP contribution in [0, 0.1) is 0 Å². The minimum atomic E-state index is 0.466. The molecule has 0 bridgehead atoms. The summed E-state index contributed by atoms with van der Waals surface area (Å²) in [5.41, 5.74) is 0.767. The number of likely N-dealkylation sites (tertiary alicyclic amines) is 1. The molecule has 0 amide bonds. The molecular formula is C13H19N7. The van der Waals surface area contributed by atoms with Gasteiger partial charge in [-0.3, -0.25) is 10.00 Å². The zero-order chi connectivity index (χ0) is 13.5. The summed E-state index contributed by atoms with van der Waals surface area (Å²) in [5.74, 6) is 1.48. The number of H-pyrrole nitrogens is 1. The lowest BCUT2D eigenvalue weighted by Crippen LogP contribution is -2.28. The van der Waals surface area contributed by atoms with E-state index in [1.165, 1.54) is 25.8 Å². The van der Waals surface area contributed by atoms with Crippen LogP contribution >= 0.6 is 0 Å². The van der Waals surface area contributed by atoms with E-state index in [4.69, 9.17) is 0 Å². The molecule has 20 heavy (non-hydrogen) atoms. The number of rotatable bonds is 4. The van der Waals surface area contributed by atoms with Crippen molar-refractivity contribution in [2.24, 2.45) is 0 Å². The fourth-order valence-corrected chi connectivity index (χ4v) is 2.93. The van der Waals surface area contributed by atoms with Crippen molar-refractivity contribution in [1.29, 1.82) is 0 Å². The van der Waals surface area contributed by atoms with Crippen molar-refractivity contribution in [1.82, 2.24) is 25.1 Å². The summed E-state index contributed by atoms with van der Waals surface area (Å²) in [6.07, 6.45) is 5.70. The third kappa shape index (κ3) is 2.07. The van der Waals surface area contributed by atoms with E-state index in [9.17, 15) is 0 Å². The SMILES string of the molecule is CNc1nc(NC2CCN(C3CC3)C2)c2cn[nH]c2n1. The Kier molecular flexibility index (Phi) is 2.73. The standard InChI is InChI=1S/C13H19N7/c1-14-13-17-11(10-6-15-19-12(10)18-13)16-8-4-5-20(7-8)9-2-3-9/h6,8-9H,2-5,7H2,1H3,(H3,14,15,16,17,18,19). The molecule has 1 saturated heterocycles. The number of nitrogens with zero attached hydrogens (tertiary/aromatic N) is 4. The van der Waals surface area contributed by atoms with Gasteiger partial charge in [-0.25, -0.2) is 0 Å². The lowest BCUT2D eigenvalue weighted by Gasteiger charge is -2.16. The third-order valence-corrected chi connectivity index (χ3v) is 4.16. The molecule has 0 radical (unpaired) electrons. The summed E-state index contributed by atoms with van der Waals surface area (Å²) in [6, 6.07) is 1.31. The van der Waals surface area contributed by atoms with Gasteiger partial charge in [-0.1, -0.05) is 0 Å². The predicted molar refractivity (Wildman–Crippen MR) is 77.9 cm³/mol. The summed E-state index contributed by atoms with van der Waals surface area (Å²) in [4.78, 5) is 11.5. The molecule has 0 spiro atoms. The Morgan fingerprint density at radius 2 is 2.20 bits per heavy atom. The molecule has 0 aromatic carbocycles. The first kappa shape index (κ1) is 11.9. The van der Waals surface area contributed by atoms with Crippen LogP contribution in [0.15, 0.2) is 6.20 Å². The Balaban J connectivity index is 1.56. The van der Waals surface area contributed by atoms with Crippen LogP contribution < -0.4 is 10.6 Å². The Labute approximate surface area is 117 Å². The zero-order valence-electron chi connectivity index (χ0n) is 11.6. The monoisotopic (exact) mass is 273 g/mol. The van der Waals surface area contributed by atoms with Gasteiger partial charge in [-0.2, -0.15) is 15.1 Å². The second-order valence-corrected chi connectivity index (χ2v) is 5.63. The van der Waals surface area contributed by atoms with Crippen molar-refractivity contribution in [2.45, 2.75) is 31.3 Å². The van der Waals surface area contributed by atoms with Gasteiger partial charge in [0.15, 0.2) is 5.65 Å². The number of nitrogens with one attached hydrogen (secondary N) is 3. The minimum Gasteiger partial charge on any atom is -0.365 e. The van der Waals surface area contributed by atoms with Gasteiger partial charge >= 0.3 is 0 Å². The van der Waals surface area contributed by atoms with E-state index in [0.717, 1.165) is 29.4 Å². The number of anilines is 2. The largest absolute Gasteiger partial charge is 0.365 e. The van der Waals surface area contributed by atoms with Crippen LogP contribution in [-0.4, -0.2) is 57.3 Å². The van der Waals surface area contributed by atoms with Crippen molar-refractivity contribution >= 4 is 22.8 Å². The number of aromatic nitrogens is 4. The molecule has 3 N–H and O–H groups in total. The van der Waals surface area contributed by atoms with E-state index in [0.29, 0.717) is 12.0 Å². The van der Waals surface area contributed by atoms with Crippen LogP contribution in [0.5, 0.6) is 0 Å². The topological polar surface area (TPSA) is 81.8 Å². The first-order valence-electron chi connectivity index (χ1n) is 7.23. The van der Waals surface area contributed by atoms with Gasteiger partial charge in [0.1, 0.15) is 5.82 Å². The summed E-state index contributed by atoms with van der Waals surface area (Å²) >= 11 is 0. The highest BCUT2D eigenvalue weighted by Gasteiger charge is 2.34. The van der Waals surface area contributed by atoms with Crippen molar-refractivity contribution in [3.63, 3.8) is 0 Å². The van der Waals surface area contributed by atoms with E-state index in [-0.39, 0.29) is 0 Å². The van der Waals surface area contributed by atoms with Crippen LogP contribution in [0.1, 0.15) is 19.3 Å². The smallest absolute Gasteiger partial charge is 0.226 e. The Bertz CT molecular complexity index is 618. The molecule has 1 atom stereocenters. The number of fused-ring (bicyclic) bond motifs is 1. The number of aromatic amines is 1. The van der Waals surface area contributed by atoms with Crippen molar-refractivity contribution in [2.75, 3.05) is 30.8 Å². The molecule has 1 aliphatic carbocycles. The van der Waals surface area contributed by atoms with Crippen molar-refractivity contribution in [3.05, 3.63) is 6.20 Å². The lowest BCUT2D eigenvalue weighted by molar-refractivity contribution is 0.326. The quantitative estimate of drug-likeness (QED) is 0.772. The van der Waals surface area contributed by atoms with E-state index in [2.05, 4.69) is 35.7 Å². The Hall–Kier alpha value is -1.89. The van der Waals surface area contributed by atoms with E-state index in [1.807, 2.05) is 7.05 Å². The molecule has 7 heteroatoms. The first-order valence-corrected chi connectivity index (χ1v) is 7.23. The molecule has 4 rings (SSSR count). The lowest BCUT2D eigenvalue weighted by atomic mass is 10.2. The average molecular weight is 273 g/mol. The highest BCUT2D eigenvalue weighted by molar-refractivity contribution is 5.87. The van der Waals surface area contributed by atoms with Crippen LogP contribution in [0.3, 0.4) is 0 Å². The molecule has 3 heterocycles. The molecule has 2 aliphatic rings. The second kappa shape index (κ2) is 4.59. The maximum Gasteiger partial charge on any atom is 0.226 e. The summed E-state index contributed by atoms with van der Waals surface area (Å²) in [7, 11) is 1.83. The molecule has 1 unspecified atom stereocenters. The maximum atomic E-state index is 4.53. The fraction of sp³-hybridized carbons (Fsp3) is 0.615. The molecular weight excluding hydrogens is 254 g/mol. The van der Waals surface area contributed by atoms with Gasteiger partial charge in [0.2, 0.25) is 5.95 Å². The van der Waals surface area contributed by atoms with Gasteiger partial charge < -0.3 is 10.6 Å². The van der Waals surface area contributed by atoms with Crippen LogP contribution in [0.4, 0.5) is 11.8 Å². The number of hydrogen-bond acceptors (Lipinski definition) is 6. The highest BCUT2D eigenvalue weighted by atomic mass is 15.3. The summed E-state index contributed by atoms with van der Waals surface area (Å²) in [5, 5.41) is 14.5. The molecule has 2 aromatic heterocycles. The fourth-order valence-electron chi connectivity index (χ4n) is 2.93. The molecule has 106 valence electrons. The third-order valence-electron chi connectivity index (χ3n) is 4.16. The molecule has 7 nitrogen and oxygen atoms in total. The van der Waals surface area contributed by atoms with Crippen LogP contribution in [0.2, 0.25) is 0 Å². The van der Waals surface area contributed by atoms with Gasteiger partial charge in [-0.15, -0.1) is 0 Å². The summed E-state index contributed by atoms with van der Waals surface area (Å²) < 4.78 is 0. The Morgan fingerprint density at radius 1 is 1.30 bits per heavy atom. The van der Waals surface area contributed by atoms with Gasteiger partial charge in [-0.05, 0) is 19.3 Å². The predicted octanol–water partition coefficient (Wildman–Crippen LogP) is 1.04. The van der Waals surface area contributed by atoms with Crippen molar-refractivity contribution in [3.8, 4) is 0 Å². The van der Waals surface area contributed by atoms with E-state index < -0.39 is 0 Å². The van der Waals surface area contributed by atoms with Gasteiger partial charge in [0.25, 0.3) is 0 Å². The van der Waals surface area contributed by atoms with Crippen molar-refractivity contribution < 1.29 is 0 Å². The Morgan fingerprint density at radius 3 is 3.00 bits per heavy atom. The highest BCUT2D eigenvalue weighted by Crippen LogP contribution is 2.31. The van der Waals surface area contributed by atoms with Gasteiger partial charge in [0, 0.05) is 32.2 Å². The minimum absolute atomic E-state index is 0.466.